The number of anilines is 1. The lowest BCUT2D eigenvalue weighted by atomic mass is 10.2. The van der Waals surface area contributed by atoms with Crippen LogP contribution in [0.2, 0.25) is 0 Å². The minimum atomic E-state index is -4.28. The summed E-state index contributed by atoms with van der Waals surface area (Å²) in [6.45, 7) is 0.691. The Balaban J connectivity index is 2.56. The van der Waals surface area contributed by atoms with Crippen LogP contribution in [0.25, 0.3) is 0 Å². The molecule has 1 aromatic heterocycles. The minimum Gasteiger partial charge on any atom is -0.476 e. The lowest BCUT2D eigenvalue weighted by Gasteiger charge is -2.16. The molecule has 0 aliphatic rings. The first-order valence-electron chi connectivity index (χ1n) is 4.66. The van der Waals surface area contributed by atoms with Crippen LogP contribution in [-0.4, -0.2) is 33.8 Å². The van der Waals surface area contributed by atoms with Crippen LogP contribution < -0.4 is 5.32 Å². The Kier molecular flexibility index (Phi) is 3.87. The smallest absolute Gasteiger partial charge is 0.393 e. The lowest BCUT2D eigenvalue weighted by molar-refractivity contribution is -0.165. The zero-order valence-electron chi connectivity index (χ0n) is 8.82. The molecule has 17 heavy (non-hydrogen) atoms. The van der Waals surface area contributed by atoms with E-state index in [9.17, 15) is 18.0 Å². The normalized spacial score (nSPS) is 13.2. The number of nitrogens with one attached hydrogen (secondary N) is 1. The highest BCUT2D eigenvalue weighted by molar-refractivity contribution is 5.84. The highest BCUT2D eigenvalue weighted by Gasteiger charge is 2.35. The van der Waals surface area contributed by atoms with E-state index in [1.165, 1.54) is 0 Å². The van der Waals surface area contributed by atoms with Gasteiger partial charge in [0.2, 0.25) is 0 Å². The number of carbonyl (C=O) groups is 1. The summed E-state index contributed by atoms with van der Waals surface area (Å²) in [5.41, 5.74) is -0.264. The predicted molar refractivity (Wildman–Crippen MR) is 52.7 cm³/mol. The molecule has 0 aliphatic heterocycles. The second-order valence-corrected chi connectivity index (χ2v) is 3.42. The summed E-state index contributed by atoms with van der Waals surface area (Å²) >= 11 is 0. The lowest BCUT2D eigenvalue weighted by Crippen LogP contribution is -2.27. The molecule has 0 saturated heterocycles. The van der Waals surface area contributed by atoms with Crippen molar-refractivity contribution in [2.75, 3.05) is 11.9 Å². The molecule has 8 heteroatoms. The van der Waals surface area contributed by atoms with Crippen molar-refractivity contribution in [1.82, 2.24) is 9.97 Å². The van der Waals surface area contributed by atoms with Crippen molar-refractivity contribution in [2.45, 2.75) is 13.1 Å². The van der Waals surface area contributed by atoms with Crippen LogP contribution in [0, 0.1) is 5.92 Å². The molecule has 0 bridgehead atoms. The van der Waals surface area contributed by atoms with Crippen molar-refractivity contribution < 1.29 is 23.1 Å². The molecule has 1 heterocycles. The molecule has 0 saturated carbocycles. The van der Waals surface area contributed by atoms with E-state index in [0.717, 1.165) is 19.3 Å². The molecule has 0 amide bonds. The Labute approximate surface area is 94.7 Å². The SMILES string of the molecule is CC(CNc1cnc(C(=O)O)cn1)C(F)(F)F. The number of aromatic nitrogens is 2. The van der Waals surface area contributed by atoms with Crippen molar-refractivity contribution in [1.29, 1.82) is 0 Å². The zero-order chi connectivity index (χ0) is 13.1. The van der Waals surface area contributed by atoms with Gasteiger partial charge in [-0.2, -0.15) is 13.2 Å². The third-order valence-electron chi connectivity index (χ3n) is 2.02. The fraction of sp³-hybridized carbons (Fsp3) is 0.444. The molecule has 0 fully saturated rings. The van der Waals surface area contributed by atoms with Crippen LogP contribution in [0.3, 0.4) is 0 Å². The summed E-state index contributed by atoms with van der Waals surface area (Å²) in [6.07, 6.45) is -2.23. The highest BCUT2D eigenvalue weighted by Crippen LogP contribution is 2.25. The van der Waals surface area contributed by atoms with Gasteiger partial charge < -0.3 is 10.4 Å². The van der Waals surface area contributed by atoms with Crippen LogP contribution in [0.4, 0.5) is 19.0 Å². The molecular weight excluding hydrogens is 239 g/mol. The number of nitrogens with zero attached hydrogens (tertiary/aromatic N) is 2. The minimum absolute atomic E-state index is 0.103. The van der Waals surface area contributed by atoms with Crippen LogP contribution in [-0.2, 0) is 0 Å². The van der Waals surface area contributed by atoms with Gasteiger partial charge in [0.1, 0.15) is 5.82 Å². The van der Waals surface area contributed by atoms with E-state index in [0.29, 0.717) is 0 Å². The van der Waals surface area contributed by atoms with E-state index in [4.69, 9.17) is 5.11 Å². The number of hydrogen-bond acceptors (Lipinski definition) is 4. The molecule has 1 atom stereocenters. The fourth-order valence-corrected chi connectivity index (χ4v) is 0.903. The standard InChI is InChI=1S/C9H10F3N3O2/c1-5(9(10,11)12)2-14-7-4-13-6(3-15-7)8(16)17/h3-5H,2H2,1H3,(H,14,15)(H,16,17). The van der Waals surface area contributed by atoms with Gasteiger partial charge in [-0.05, 0) is 0 Å². The van der Waals surface area contributed by atoms with E-state index < -0.39 is 18.1 Å². The second kappa shape index (κ2) is 4.98. The first-order chi connectivity index (χ1) is 7.80. The van der Waals surface area contributed by atoms with Gasteiger partial charge in [-0.1, -0.05) is 6.92 Å². The van der Waals surface area contributed by atoms with Crippen molar-refractivity contribution in [3.05, 3.63) is 18.1 Å². The molecule has 1 unspecified atom stereocenters. The molecule has 2 N–H and O–H groups in total. The Bertz CT molecular complexity index is 391. The maximum Gasteiger partial charge on any atom is 0.393 e. The van der Waals surface area contributed by atoms with E-state index in [2.05, 4.69) is 15.3 Å². The molecule has 0 aromatic carbocycles. The van der Waals surface area contributed by atoms with Gasteiger partial charge >= 0.3 is 12.1 Å². The van der Waals surface area contributed by atoms with Crippen LogP contribution in [0.5, 0.6) is 0 Å². The number of carboxylic acids is 1. The molecule has 1 rings (SSSR count). The van der Waals surface area contributed by atoms with Crippen molar-refractivity contribution in [2.24, 2.45) is 5.92 Å². The molecule has 94 valence electrons. The Morgan fingerprint density at radius 3 is 2.53 bits per heavy atom. The molecule has 5 nitrogen and oxygen atoms in total. The quantitative estimate of drug-likeness (QED) is 0.850. The third kappa shape index (κ3) is 3.89. The van der Waals surface area contributed by atoms with Gasteiger partial charge in [0.15, 0.2) is 5.69 Å². The summed E-state index contributed by atoms with van der Waals surface area (Å²) in [7, 11) is 0. The third-order valence-corrected chi connectivity index (χ3v) is 2.02. The van der Waals surface area contributed by atoms with Gasteiger partial charge in [-0.25, -0.2) is 14.8 Å². The first-order valence-corrected chi connectivity index (χ1v) is 4.66. The van der Waals surface area contributed by atoms with Gasteiger partial charge in [-0.15, -0.1) is 0 Å². The molecule has 0 spiro atoms. The van der Waals surface area contributed by atoms with E-state index in [1.807, 2.05) is 0 Å². The van der Waals surface area contributed by atoms with E-state index >= 15 is 0 Å². The first kappa shape index (κ1) is 13.2. The summed E-state index contributed by atoms with van der Waals surface area (Å²) < 4.78 is 36.5. The van der Waals surface area contributed by atoms with Crippen LogP contribution in [0.15, 0.2) is 12.4 Å². The molecule has 0 radical (unpaired) electrons. The maximum absolute atomic E-state index is 12.2. The van der Waals surface area contributed by atoms with Gasteiger partial charge in [0.05, 0.1) is 18.3 Å². The number of rotatable bonds is 4. The Morgan fingerprint density at radius 2 is 2.12 bits per heavy atom. The number of alkyl halides is 3. The van der Waals surface area contributed by atoms with Crippen molar-refractivity contribution >= 4 is 11.8 Å². The average Bonchev–Trinajstić information content (AvgIpc) is 2.25. The predicted octanol–water partition coefficient (Wildman–Crippen LogP) is 1.79. The Morgan fingerprint density at radius 1 is 1.47 bits per heavy atom. The summed E-state index contributed by atoms with van der Waals surface area (Å²) in [6, 6.07) is 0. The van der Waals surface area contributed by atoms with Crippen LogP contribution >= 0.6 is 0 Å². The maximum atomic E-state index is 12.2. The topological polar surface area (TPSA) is 75.1 Å². The number of aromatic carboxylic acids is 1. The number of carboxylic acid groups (broad SMARTS) is 1. The zero-order valence-corrected chi connectivity index (χ0v) is 8.82. The molecule has 1 aromatic rings. The molecule has 0 aliphatic carbocycles. The number of halogens is 3. The van der Waals surface area contributed by atoms with Gasteiger partial charge in [0.25, 0.3) is 0 Å². The van der Waals surface area contributed by atoms with Crippen molar-refractivity contribution in [3.8, 4) is 0 Å². The number of hydrogen-bond donors (Lipinski definition) is 2. The average molecular weight is 249 g/mol. The largest absolute Gasteiger partial charge is 0.476 e. The molecular formula is C9H10F3N3O2. The summed E-state index contributed by atoms with van der Waals surface area (Å²) in [5.74, 6) is -2.66. The monoisotopic (exact) mass is 249 g/mol. The van der Waals surface area contributed by atoms with Crippen molar-refractivity contribution in [3.63, 3.8) is 0 Å². The van der Waals surface area contributed by atoms with Gasteiger partial charge in [-0.3, -0.25) is 0 Å². The second-order valence-electron chi connectivity index (χ2n) is 3.42. The Hall–Kier alpha value is -1.86. The fourth-order valence-electron chi connectivity index (χ4n) is 0.903. The summed E-state index contributed by atoms with van der Waals surface area (Å²) in [4.78, 5) is 17.6. The summed E-state index contributed by atoms with van der Waals surface area (Å²) in [5, 5.41) is 11.0. The van der Waals surface area contributed by atoms with E-state index in [-0.39, 0.29) is 18.1 Å². The highest BCUT2D eigenvalue weighted by atomic mass is 19.4. The van der Waals surface area contributed by atoms with E-state index in [1.54, 1.807) is 0 Å². The van der Waals surface area contributed by atoms with Crippen LogP contribution in [0.1, 0.15) is 17.4 Å². The van der Waals surface area contributed by atoms with Gasteiger partial charge in [0, 0.05) is 6.54 Å².